The molecule has 1 saturated heterocycles. The second kappa shape index (κ2) is 8.12. The molecule has 6 nitrogen and oxygen atoms in total. The third-order valence-electron chi connectivity index (χ3n) is 5.49. The summed E-state index contributed by atoms with van der Waals surface area (Å²) in [4.78, 5) is 24.6. The lowest BCUT2D eigenvalue weighted by Gasteiger charge is -2.22. The number of amides is 1. The van der Waals surface area contributed by atoms with Crippen LogP contribution in [0.15, 0.2) is 65.1 Å². The Morgan fingerprint density at radius 3 is 2.44 bits per heavy atom. The third kappa shape index (κ3) is 3.60. The van der Waals surface area contributed by atoms with Gasteiger partial charge in [-0.15, -0.1) is 11.3 Å². The molecule has 0 spiro atoms. The number of thiazole rings is 2. The minimum absolute atomic E-state index is 0.00431. The first-order valence-corrected chi connectivity index (χ1v) is 12.1. The first-order chi connectivity index (χ1) is 15.7. The predicted octanol–water partition coefficient (Wildman–Crippen LogP) is 5.99. The van der Waals surface area contributed by atoms with Gasteiger partial charge in [-0.3, -0.25) is 9.69 Å². The number of carbonyl (C=O) groups excluding carboxylic acids is 1. The van der Waals surface area contributed by atoms with Crippen LogP contribution < -0.4 is 4.90 Å². The Morgan fingerprint density at radius 2 is 1.72 bits per heavy atom. The molecular formula is C24H19N3O3S2. The van der Waals surface area contributed by atoms with E-state index >= 15 is 0 Å². The molecule has 32 heavy (non-hydrogen) atoms. The van der Waals surface area contributed by atoms with Crippen molar-refractivity contribution >= 4 is 54.1 Å². The minimum Gasteiger partial charge on any atom is -0.448 e. The molecule has 3 aromatic heterocycles. The van der Waals surface area contributed by atoms with E-state index in [1.165, 1.54) is 11.3 Å². The van der Waals surface area contributed by atoms with Gasteiger partial charge >= 0.3 is 0 Å². The number of nitrogens with zero attached hydrogens (tertiary/aromatic N) is 3. The van der Waals surface area contributed by atoms with Gasteiger partial charge in [-0.1, -0.05) is 35.6 Å². The Balaban J connectivity index is 1.34. The Hall–Kier alpha value is -3.07. The lowest BCUT2D eigenvalue weighted by Crippen LogP contribution is -2.37. The second-order valence-electron chi connectivity index (χ2n) is 7.67. The average molecular weight is 462 g/mol. The fourth-order valence-corrected chi connectivity index (χ4v) is 5.79. The Morgan fingerprint density at radius 1 is 0.969 bits per heavy atom. The highest BCUT2D eigenvalue weighted by molar-refractivity contribution is 7.22. The van der Waals surface area contributed by atoms with Crippen molar-refractivity contribution in [2.45, 2.75) is 18.9 Å². The van der Waals surface area contributed by atoms with Gasteiger partial charge < -0.3 is 9.15 Å². The largest absolute Gasteiger partial charge is 0.448 e. The number of hydrogen-bond donors (Lipinski definition) is 0. The molecular weight excluding hydrogens is 442 g/mol. The normalized spacial score (nSPS) is 16.2. The molecule has 1 amide bonds. The van der Waals surface area contributed by atoms with Crippen LogP contribution in [0.1, 0.15) is 23.4 Å². The maximum atomic E-state index is 13.6. The summed E-state index contributed by atoms with van der Waals surface area (Å²) < 4.78 is 13.9. The molecule has 0 bridgehead atoms. The Bertz CT molecular complexity index is 1350. The van der Waals surface area contributed by atoms with Crippen molar-refractivity contribution in [2.75, 3.05) is 18.1 Å². The Labute approximate surface area is 192 Å². The van der Waals surface area contributed by atoms with Gasteiger partial charge in [0.05, 0.1) is 33.1 Å². The van der Waals surface area contributed by atoms with E-state index in [0.717, 1.165) is 44.9 Å². The van der Waals surface area contributed by atoms with Crippen LogP contribution in [0.2, 0.25) is 0 Å². The zero-order chi connectivity index (χ0) is 21.5. The first kappa shape index (κ1) is 19.6. The van der Waals surface area contributed by atoms with Gasteiger partial charge in [-0.05, 0) is 49.2 Å². The lowest BCUT2D eigenvalue weighted by atomic mass is 10.2. The molecule has 0 unspecified atom stereocenters. The van der Waals surface area contributed by atoms with Crippen molar-refractivity contribution in [3.05, 3.63) is 66.4 Å². The van der Waals surface area contributed by atoms with Gasteiger partial charge in [0.15, 0.2) is 21.7 Å². The van der Waals surface area contributed by atoms with E-state index < -0.39 is 0 Å². The molecule has 1 aliphatic heterocycles. The van der Waals surface area contributed by atoms with Gasteiger partial charge in [0.1, 0.15) is 0 Å². The highest BCUT2D eigenvalue weighted by Crippen LogP contribution is 2.34. The smallest absolute Gasteiger partial charge is 0.295 e. The van der Waals surface area contributed by atoms with Crippen molar-refractivity contribution in [3.63, 3.8) is 0 Å². The molecule has 1 aliphatic rings. The van der Waals surface area contributed by atoms with Crippen LogP contribution in [0.3, 0.4) is 0 Å². The van der Waals surface area contributed by atoms with Crippen molar-refractivity contribution in [3.8, 4) is 10.8 Å². The first-order valence-electron chi connectivity index (χ1n) is 10.5. The van der Waals surface area contributed by atoms with Gasteiger partial charge in [-0.2, -0.15) is 0 Å². The number of para-hydroxylation sites is 2. The number of aromatic nitrogens is 2. The van der Waals surface area contributed by atoms with Crippen LogP contribution in [0.5, 0.6) is 0 Å². The van der Waals surface area contributed by atoms with E-state index in [2.05, 4.69) is 4.98 Å². The number of hydrogen-bond acceptors (Lipinski definition) is 7. The molecule has 160 valence electrons. The number of ether oxygens (including phenoxy) is 1. The molecule has 1 fully saturated rings. The number of fused-ring (bicyclic) bond motifs is 2. The molecule has 2 aromatic carbocycles. The summed E-state index contributed by atoms with van der Waals surface area (Å²) in [5.41, 5.74) is 1.80. The maximum absolute atomic E-state index is 13.6. The minimum atomic E-state index is -0.216. The van der Waals surface area contributed by atoms with Gasteiger partial charge in [-0.25, -0.2) is 9.97 Å². The van der Waals surface area contributed by atoms with E-state index in [4.69, 9.17) is 14.1 Å². The maximum Gasteiger partial charge on any atom is 0.295 e. The van der Waals surface area contributed by atoms with Crippen LogP contribution in [-0.2, 0) is 4.74 Å². The number of anilines is 1. The van der Waals surface area contributed by atoms with Crippen LogP contribution in [0.25, 0.3) is 31.2 Å². The fraction of sp³-hybridized carbons (Fsp3) is 0.208. The lowest BCUT2D eigenvalue weighted by molar-refractivity contribution is 0.0895. The molecule has 6 rings (SSSR count). The molecule has 8 heteroatoms. The van der Waals surface area contributed by atoms with Crippen LogP contribution in [-0.4, -0.2) is 35.1 Å². The summed E-state index contributed by atoms with van der Waals surface area (Å²) in [5, 5.41) is 1.42. The fourth-order valence-electron chi connectivity index (χ4n) is 3.89. The monoisotopic (exact) mass is 461 g/mol. The molecule has 4 heterocycles. The SMILES string of the molecule is O=C(c1ccc(-c2nc3ccccc3s2)o1)N(C[C@@H]1CCCO1)c1nc2ccccc2s1. The number of rotatable bonds is 5. The van der Waals surface area contributed by atoms with E-state index in [9.17, 15) is 4.79 Å². The van der Waals surface area contributed by atoms with Gasteiger partial charge in [0.25, 0.3) is 5.91 Å². The molecule has 5 aromatic rings. The van der Waals surface area contributed by atoms with Gasteiger partial charge in [0, 0.05) is 6.61 Å². The summed E-state index contributed by atoms with van der Waals surface area (Å²) in [6, 6.07) is 19.4. The van der Waals surface area contributed by atoms with Crippen molar-refractivity contribution in [1.29, 1.82) is 0 Å². The number of carbonyl (C=O) groups is 1. The van der Waals surface area contributed by atoms with Crippen molar-refractivity contribution < 1.29 is 13.9 Å². The summed E-state index contributed by atoms with van der Waals surface area (Å²) in [7, 11) is 0. The summed E-state index contributed by atoms with van der Waals surface area (Å²) in [6.45, 7) is 1.19. The van der Waals surface area contributed by atoms with Crippen molar-refractivity contribution in [1.82, 2.24) is 9.97 Å². The molecule has 0 radical (unpaired) electrons. The highest BCUT2D eigenvalue weighted by atomic mass is 32.1. The molecule has 0 aliphatic carbocycles. The zero-order valence-electron chi connectivity index (χ0n) is 17.1. The Kier molecular flexibility index (Phi) is 4.98. The van der Waals surface area contributed by atoms with E-state index in [-0.39, 0.29) is 17.8 Å². The number of benzene rings is 2. The standard InChI is InChI=1S/C24H19N3O3S2/c28-23(19-12-11-18(30-19)22-25-16-7-1-3-9-20(16)31-22)27(14-15-6-5-13-29-15)24-26-17-8-2-4-10-21(17)32-24/h1-4,7-12,15H,5-6,13-14H2/t15-/m0/s1. The number of furan rings is 1. The summed E-state index contributed by atoms with van der Waals surface area (Å²) in [6.07, 6.45) is 1.95. The molecule has 0 N–H and O–H groups in total. The molecule has 0 saturated carbocycles. The third-order valence-corrected chi connectivity index (χ3v) is 7.60. The quantitative estimate of drug-likeness (QED) is 0.321. The topological polar surface area (TPSA) is 68.5 Å². The van der Waals surface area contributed by atoms with E-state index in [1.54, 1.807) is 22.3 Å². The van der Waals surface area contributed by atoms with E-state index in [0.29, 0.717) is 17.4 Å². The summed E-state index contributed by atoms with van der Waals surface area (Å²) in [5.74, 6) is 0.652. The highest BCUT2D eigenvalue weighted by Gasteiger charge is 2.29. The van der Waals surface area contributed by atoms with Crippen molar-refractivity contribution in [2.24, 2.45) is 0 Å². The second-order valence-corrected chi connectivity index (χ2v) is 9.71. The average Bonchev–Trinajstić information content (AvgIpc) is 3.61. The molecule has 1 atom stereocenters. The van der Waals surface area contributed by atoms with E-state index in [1.807, 2.05) is 54.6 Å². The zero-order valence-corrected chi connectivity index (χ0v) is 18.7. The van der Waals surface area contributed by atoms with Crippen LogP contribution in [0, 0.1) is 0 Å². The van der Waals surface area contributed by atoms with Gasteiger partial charge in [0.2, 0.25) is 0 Å². The van der Waals surface area contributed by atoms with Crippen LogP contribution >= 0.6 is 22.7 Å². The summed E-state index contributed by atoms with van der Waals surface area (Å²) >= 11 is 3.05. The predicted molar refractivity (Wildman–Crippen MR) is 128 cm³/mol. The van der Waals surface area contributed by atoms with Crippen LogP contribution in [0.4, 0.5) is 5.13 Å².